The van der Waals surface area contributed by atoms with Gasteiger partial charge in [-0.25, -0.2) is 0 Å². The van der Waals surface area contributed by atoms with Crippen LogP contribution in [0.4, 0.5) is 0 Å². The third kappa shape index (κ3) is 3.80. The highest BCUT2D eigenvalue weighted by Crippen LogP contribution is 2.39. The number of hydrogen-bond donors (Lipinski definition) is 4. The average Bonchev–Trinajstić information content (AvgIpc) is 2.54. The largest absolute Gasteiger partial charge is 0.390 e. The van der Waals surface area contributed by atoms with E-state index in [1.54, 1.807) is 0 Å². The number of aliphatic hydroxyl groups excluding tert-OH is 1. The highest BCUT2D eigenvalue weighted by atomic mass is 16.5. The summed E-state index contributed by atoms with van der Waals surface area (Å²) in [6.07, 6.45) is 1.25. The van der Waals surface area contributed by atoms with Crippen LogP contribution in [0.2, 0.25) is 0 Å². The van der Waals surface area contributed by atoms with Crippen LogP contribution in [-0.4, -0.2) is 48.6 Å². The minimum Gasteiger partial charge on any atom is -0.390 e. The first-order chi connectivity index (χ1) is 11.2. The lowest BCUT2D eigenvalue weighted by Crippen LogP contribution is -2.60. The molecule has 2 fully saturated rings. The topological polar surface area (TPSA) is 93.5 Å². The van der Waals surface area contributed by atoms with E-state index in [0.29, 0.717) is 23.8 Å². The Kier molecular flexibility index (Phi) is 6.71. The van der Waals surface area contributed by atoms with E-state index in [1.165, 1.54) is 0 Å². The molecular formula is C19H39N3O2. The standard InChI is InChI=1S/C19H39N3O2/c1-9(2)19-18(23)12(5)17(21)16(24-19)7-13-10(3)11(4)15(22-6)8-14(13)20/h9-19,22-23H,7-8,20-21H2,1-6H3/t10?,11?,12-,13+,14?,15?,16-,17+,18+,19?/m0/s1. The van der Waals surface area contributed by atoms with Crippen molar-refractivity contribution in [3.8, 4) is 0 Å². The van der Waals surface area contributed by atoms with Crippen molar-refractivity contribution in [3.63, 3.8) is 0 Å². The summed E-state index contributed by atoms with van der Waals surface area (Å²) in [4.78, 5) is 0. The van der Waals surface area contributed by atoms with Crippen LogP contribution >= 0.6 is 0 Å². The van der Waals surface area contributed by atoms with Crippen LogP contribution < -0.4 is 16.8 Å². The van der Waals surface area contributed by atoms with Gasteiger partial charge >= 0.3 is 0 Å². The Morgan fingerprint density at radius 1 is 1.12 bits per heavy atom. The maximum absolute atomic E-state index is 10.5. The van der Waals surface area contributed by atoms with Crippen LogP contribution in [0.25, 0.3) is 0 Å². The number of nitrogens with one attached hydrogen (secondary N) is 1. The Labute approximate surface area is 147 Å². The molecule has 5 nitrogen and oxygen atoms in total. The summed E-state index contributed by atoms with van der Waals surface area (Å²) in [7, 11) is 2.03. The van der Waals surface area contributed by atoms with E-state index in [9.17, 15) is 5.11 Å². The molecule has 1 heterocycles. The van der Waals surface area contributed by atoms with Crippen molar-refractivity contribution < 1.29 is 9.84 Å². The molecule has 142 valence electrons. The van der Waals surface area contributed by atoms with E-state index >= 15 is 0 Å². The highest BCUT2D eigenvalue weighted by molar-refractivity contribution is 4.99. The zero-order valence-corrected chi connectivity index (χ0v) is 16.3. The summed E-state index contributed by atoms with van der Waals surface area (Å²) in [6, 6.07) is 0.521. The van der Waals surface area contributed by atoms with E-state index in [4.69, 9.17) is 16.2 Å². The van der Waals surface area contributed by atoms with Crippen LogP contribution in [-0.2, 0) is 4.74 Å². The Morgan fingerprint density at radius 3 is 2.29 bits per heavy atom. The quantitative estimate of drug-likeness (QED) is 0.619. The molecule has 1 saturated carbocycles. The first-order valence-electron chi connectivity index (χ1n) is 9.70. The second-order valence-electron chi connectivity index (χ2n) is 8.72. The maximum atomic E-state index is 10.5. The minimum absolute atomic E-state index is 0.0207. The Bertz CT molecular complexity index is 406. The van der Waals surface area contributed by atoms with Crippen LogP contribution in [0.3, 0.4) is 0 Å². The number of aliphatic hydroxyl groups is 1. The summed E-state index contributed by atoms with van der Waals surface area (Å²) in [5, 5.41) is 13.9. The number of rotatable bonds is 4. The molecule has 0 aromatic rings. The van der Waals surface area contributed by atoms with E-state index < -0.39 is 6.10 Å². The zero-order chi connectivity index (χ0) is 18.2. The molecule has 0 aromatic carbocycles. The summed E-state index contributed by atoms with van der Waals surface area (Å²) >= 11 is 0. The van der Waals surface area contributed by atoms with Crippen LogP contribution in [0.5, 0.6) is 0 Å². The number of hydrogen-bond acceptors (Lipinski definition) is 5. The molecule has 0 aromatic heterocycles. The predicted molar refractivity (Wildman–Crippen MR) is 98.5 cm³/mol. The summed E-state index contributed by atoms with van der Waals surface area (Å²) in [5.41, 5.74) is 13.0. The maximum Gasteiger partial charge on any atom is 0.0864 e. The van der Waals surface area contributed by atoms with Crippen molar-refractivity contribution in [1.82, 2.24) is 5.32 Å². The zero-order valence-electron chi connectivity index (χ0n) is 16.3. The second kappa shape index (κ2) is 8.00. The molecule has 10 atom stereocenters. The molecule has 24 heavy (non-hydrogen) atoms. The summed E-state index contributed by atoms with van der Waals surface area (Å²) in [5.74, 6) is 1.86. The van der Waals surface area contributed by atoms with Gasteiger partial charge in [-0.15, -0.1) is 0 Å². The highest BCUT2D eigenvalue weighted by Gasteiger charge is 2.45. The van der Waals surface area contributed by atoms with Gasteiger partial charge in [0.25, 0.3) is 0 Å². The normalized spacial score (nSPS) is 50.2. The van der Waals surface area contributed by atoms with Gasteiger partial charge in [-0.2, -0.15) is 0 Å². The van der Waals surface area contributed by atoms with Crippen molar-refractivity contribution in [2.45, 2.75) is 83.9 Å². The van der Waals surface area contributed by atoms with Gasteiger partial charge in [-0.05, 0) is 43.6 Å². The smallest absolute Gasteiger partial charge is 0.0864 e. The van der Waals surface area contributed by atoms with Crippen LogP contribution in [0.1, 0.15) is 47.5 Å². The van der Waals surface area contributed by atoms with Gasteiger partial charge in [0.2, 0.25) is 0 Å². The Balaban J connectivity index is 2.10. The van der Waals surface area contributed by atoms with Gasteiger partial charge in [-0.1, -0.05) is 34.6 Å². The minimum atomic E-state index is -0.485. The summed E-state index contributed by atoms with van der Waals surface area (Å²) < 4.78 is 6.28. The summed E-state index contributed by atoms with van der Waals surface area (Å²) in [6.45, 7) is 10.9. The van der Waals surface area contributed by atoms with Crippen molar-refractivity contribution in [3.05, 3.63) is 0 Å². The van der Waals surface area contributed by atoms with Gasteiger partial charge < -0.3 is 26.6 Å². The average molecular weight is 342 g/mol. The number of nitrogens with two attached hydrogens (primary N) is 2. The Morgan fingerprint density at radius 2 is 1.75 bits per heavy atom. The molecule has 2 aliphatic rings. The first kappa shape index (κ1) is 20.1. The molecule has 0 bridgehead atoms. The predicted octanol–water partition coefficient (Wildman–Crippen LogP) is 1.33. The molecule has 6 N–H and O–H groups in total. The van der Waals surface area contributed by atoms with E-state index in [2.05, 4.69) is 33.0 Å². The lowest BCUT2D eigenvalue weighted by atomic mass is 9.66. The lowest BCUT2D eigenvalue weighted by Gasteiger charge is -2.49. The van der Waals surface area contributed by atoms with Gasteiger partial charge in [0.1, 0.15) is 0 Å². The molecule has 0 spiro atoms. The SMILES string of the molecule is CNC1CC(N)[C@H](C[C@@H]2OC(C(C)C)[C@H](O)[C@@H](C)[C@H]2N)C(C)C1C. The van der Waals surface area contributed by atoms with E-state index in [0.717, 1.165) is 12.8 Å². The monoisotopic (exact) mass is 341 g/mol. The van der Waals surface area contributed by atoms with E-state index in [1.807, 2.05) is 14.0 Å². The van der Waals surface area contributed by atoms with Crippen molar-refractivity contribution in [1.29, 1.82) is 0 Å². The van der Waals surface area contributed by atoms with Gasteiger partial charge in [0.05, 0.1) is 18.3 Å². The van der Waals surface area contributed by atoms with Crippen molar-refractivity contribution in [2.75, 3.05) is 7.05 Å². The molecular weight excluding hydrogens is 302 g/mol. The Hall–Kier alpha value is -0.200. The van der Waals surface area contributed by atoms with E-state index in [-0.39, 0.29) is 36.1 Å². The fourth-order valence-electron chi connectivity index (χ4n) is 4.87. The number of ether oxygens (including phenoxy) is 1. The molecule has 1 aliphatic heterocycles. The van der Waals surface area contributed by atoms with Crippen LogP contribution in [0, 0.1) is 29.6 Å². The third-order valence-corrected chi connectivity index (χ3v) is 6.99. The van der Waals surface area contributed by atoms with Gasteiger partial charge in [0.15, 0.2) is 0 Å². The first-order valence-corrected chi connectivity index (χ1v) is 9.70. The molecule has 5 heteroatoms. The fraction of sp³-hybridized carbons (Fsp3) is 1.00. The van der Waals surface area contributed by atoms with Gasteiger partial charge in [-0.3, -0.25) is 0 Å². The molecule has 0 amide bonds. The molecule has 0 radical (unpaired) electrons. The van der Waals surface area contributed by atoms with Gasteiger partial charge in [0, 0.05) is 24.0 Å². The second-order valence-corrected chi connectivity index (χ2v) is 8.72. The molecule has 2 rings (SSSR count). The lowest BCUT2D eigenvalue weighted by molar-refractivity contribution is -0.174. The van der Waals surface area contributed by atoms with Crippen LogP contribution in [0.15, 0.2) is 0 Å². The fourth-order valence-corrected chi connectivity index (χ4v) is 4.87. The molecule has 1 saturated heterocycles. The third-order valence-electron chi connectivity index (χ3n) is 6.99. The molecule has 5 unspecified atom stereocenters. The molecule has 1 aliphatic carbocycles. The van der Waals surface area contributed by atoms with Crippen molar-refractivity contribution in [2.24, 2.45) is 41.1 Å². The van der Waals surface area contributed by atoms with Crippen molar-refractivity contribution >= 4 is 0 Å².